The van der Waals surface area contributed by atoms with Crippen LogP contribution < -0.4 is 0 Å². The first kappa shape index (κ1) is 9.72. The minimum absolute atomic E-state index is 1.04. The van der Waals surface area contributed by atoms with Crippen LogP contribution in [-0.4, -0.2) is 4.57 Å². The molecule has 18 heavy (non-hydrogen) atoms. The van der Waals surface area contributed by atoms with E-state index in [1.54, 1.807) is 0 Å². The maximum absolute atomic E-state index is 2.30. The van der Waals surface area contributed by atoms with Gasteiger partial charge in [0.05, 0.1) is 0 Å². The van der Waals surface area contributed by atoms with Crippen molar-refractivity contribution in [3.05, 3.63) is 78.1 Å². The summed E-state index contributed by atoms with van der Waals surface area (Å²) in [6.07, 6.45) is 3.21. The van der Waals surface area contributed by atoms with Crippen molar-refractivity contribution < 1.29 is 0 Å². The van der Waals surface area contributed by atoms with Gasteiger partial charge in [-0.25, -0.2) is 0 Å². The molecule has 0 spiro atoms. The predicted octanol–water partition coefficient (Wildman–Crippen LogP) is 4.05. The molecule has 1 aliphatic carbocycles. The van der Waals surface area contributed by atoms with Gasteiger partial charge in [-0.1, -0.05) is 42.5 Å². The van der Waals surface area contributed by atoms with Crippen molar-refractivity contribution >= 4 is 0 Å². The van der Waals surface area contributed by atoms with E-state index in [1.165, 1.54) is 28.1 Å². The van der Waals surface area contributed by atoms with Crippen molar-refractivity contribution in [1.82, 2.24) is 4.57 Å². The molecule has 1 heterocycles. The van der Waals surface area contributed by atoms with Gasteiger partial charge in [-0.3, -0.25) is 0 Å². The Hall–Kier alpha value is -2.28. The van der Waals surface area contributed by atoms with E-state index in [0.717, 1.165) is 6.42 Å². The largest absolute Gasteiger partial charge is 0.320 e. The molecule has 0 aliphatic heterocycles. The highest BCUT2D eigenvalue weighted by atomic mass is 15.0. The van der Waals surface area contributed by atoms with Gasteiger partial charge in [0, 0.05) is 29.6 Å². The van der Waals surface area contributed by atoms with Gasteiger partial charge in [0.25, 0.3) is 0 Å². The van der Waals surface area contributed by atoms with Gasteiger partial charge in [-0.15, -0.1) is 0 Å². The van der Waals surface area contributed by atoms with Crippen LogP contribution in [0.2, 0.25) is 0 Å². The van der Waals surface area contributed by atoms with E-state index < -0.39 is 0 Å². The van der Waals surface area contributed by atoms with Crippen molar-refractivity contribution in [2.75, 3.05) is 0 Å². The Balaban J connectivity index is 1.91. The van der Waals surface area contributed by atoms with Crippen molar-refractivity contribution in [2.24, 2.45) is 0 Å². The second kappa shape index (κ2) is 3.61. The molecule has 0 fully saturated rings. The lowest BCUT2D eigenvalue weighted by Gasteiger charge is -2.06. The van der Waals surface area contributed by atoms with Crippen LogP contribution in [0.1, 0.15) is 11.3 Å². The van der Waals surface area contributed by atoms with Crippen LogP contribution in [-0.2, 0) is 6.42 Å². The first-order valence-electron chi connectivity index (χ1n) is 6.27. The summed E-state index contributed by atoms with van der Waals surface area (Å²) in [5.41, 5.74) is 6.86. The molecule has 0 N–H and O–H groups in total. The van der Waals surface area contributed by atoms with Crippen LogP contribution in [0.15, 0.2) is 66.9 Å². The van der Waals surface area contributed by atoms with Crippen molar-refractivity contribution in [3.8, 4) is 16.8 Å². The van der Waals surface area contributed by atoms with Gasteiger partial charge in [-0.2, -0.15) is 0 Å². The first-order valence-corrected chi connectivity index (χ1v) is 6.27. The number of rotatable bonds is 1. The van der Waals surface area contributed by atoms with E-state index in [1.807, 2.05) is 0 Å². The van der Waals surface area contributed by atoms with E-state index >= 15 is 0 Å². The van der Waals surface area contributed by atoms with E-state index in [-0.39, 0.29) is 0 Å². The summed E-state index contributed by atoms with van der Waals surface area (Å²) in [5.74, 6) is 0. The average Bonchev–Trinajstić information content (AvgIpc) is 2.98. The Morgan fingerprint density at radius 1 is 0.722 bits per heavy atom. The zero-order valence-electron chi connectivity index (χ0n) is 10.0. The SMILES string of the molecule is c1ccc(-n2ccc3c2Cc2ccccc2-3)cc1. The Labute approximate surface area is 106 Å². The van der Waals surface area contributed by atoms with Crippen molar-refractivity contribution in [2.45, 2.75) is 6.42 Å². The third kappa shape index (κ3) is 1.28. The molecule has 0 saturated heterocycles. The number of benzene rings is 2. The summed E-state index contributed by atoms with van der Waals surface area (Å²) in [6, 6.07) is 21.5. The second-order valence-electron chi connectivity index (χ2n) is 4.72. The molecule has 4 rings (SSSR count). The molecule has 0 radical (unpaired) electrons. The van der Waals surface area contributed by atoms with Gasteiger partial charge in [0.2, 0.25) is 0 Å². The first-order chi connectivity index (χ1) is 8.93. The molecular weight excluding hydrogens is 218 g/mol. The third-order valence-electron chi connectivity index (χ3n) is 3.69. The minimum atomic E-state index is 1.04. The van der Waals surface area contributed by atoms with Crippen LogP contribution in [0.25, 0.3) is 16.8 Å². The molecule has 1 aliphatic rings. The highest BCUT2D eigenvalue weighted by Crippen LogP contribution is 2.38. The molecule has 1 heteroatoms. The van der Waals surface area contributed by atoms with Crippen molar-refractivity contribution in [1.29, 1.82) is 0 Å². The van der Waals surface area contributed by atoms with E-state index in [9.17, 15) is 0 Å². The molecule has 0 saturated carbocycles. The Morgan fingerprint density at radius 3 is 2.39 bits per heavy atom. The number of para-hydroxylation sites is 1. The van der Waals surface area contributed by atoms with Gasteiger partial charge < -0.3 is 4.57 Å². The zero-order chi connectivity index (χ0) is 11.9. The maximum atomic E-state index is 2.30. The summed E-state index contributed by atoms with van der Waals surface area (Å²) >= 11 is 0. The monoisotopic (exact) mass is 231 g/mol. The summed E-state index contributed by atoms with van der Waals surface area (Å²) in [7, 11) is 0. The topological polar surface area (TPSA) is 4.93 Å². The number of nitrogens with zero attached hydrogens (tertiary/aromatic N) is 1. The molecule has 0 unspecified atom stereocenters. The molecule has 1 aromatic heterocycles. The molecule has 2 aromatic carbocycles. The van der Waals surface area contributed by atoms with E-state index in [4.69, 9.17) is 0 Å². The summed E-state index contributed by atoms with van der Waals surface area (Å²) in [4.78, 5) is 0. The molecular formula is C17H13N. The zero-order valence-corrected chi connectivity index (χ0v) is 10.0. The summed E-state index contributed by atoms with van der Waals surface area (Å²) in [5, 5.41) is 0. The van der Waals surface area contributed by atoms with Crippen LogP contribution in [0.5, 0.6) is 0 Å². The lowest BCUT2D eigenvalue weighted by Crippen LogP contribution is -1.97. The molecule has 0 atom stereocenters. The van der Waals surface area contributed by atoms with Crippen LogP contribution in [0.4, 0.5) is 0 Å². The van der Waals surface area contributed by atoms with Gasteiger partial charge in [-0.05, 0) is 29.3 Å². The lowest BCUT2D eigenvalue weighted by molar-refractivity contribution is 0.977. The standard InChI is InChI=1S/C17H13N/c1-2-7-14(8-3-1)18-11-10-16-15-9-5-4-6-13(15)12-17(16)18/h1-11H,12H2. The van der Waals surface area contributed by atoms with E-state index in [0.29, 0.717) is 0 Å². The highest BCUT2D eigenvalue weighted by Gasteiger charge is 2.21. The second-order valence-corrected chi connectivity index (χ2v) is 4.72. The van der Waals surface area contributed by atoms with Gasteiger partial charge >= 0.3 is 0 Å². The predicted molar refractivity (Wildman–Crippen MR) is 74.0 cm³/mol. The number of fused-ring (bicyclic) bond motifs is 3. The molecule has 3 aromatic rings. The Kier molecular flexibility index (Phi) is 1.95. The van der Waals surface area contributed by atoms with Crippen molar-refractivity contribution in [3.63, 3.8) is 0 Å². The Bertz CT molecular complexity index is 707. The van der Waals surface area contributed by atoms with Gasteiger partial charge in [0.1, 0.15) is 0 Å². The normalized spacial score (nSPS) is 12.2. The molecule has 0 bridgehead atoms. The fourth-order valence-electron chi connectivity index (χ4n) is 2.84. The number of hydrogen-bond acceptors (Lipinski definition) is 0. The van der Waals surface area contributed by atoms with Crippen LogP contribution in [0.3, 0.4) is 0 Å². The quantitative estimate of drug-likeness (QED) is 0.466. The number of aromatic nitrogens is 1. The molecule has 86 valence electrons. The highest BCUT2D eigenvalue weighted by molar-refractivity contribution is 5.76. The molecule has 1 nitrogen and oxygen atoms in total. The average molecular weight is 231 g/mol. The summed E-state index contributed by atoms with van der Waals surface area (Å²) < 4.78 is 2.30. The Morgan fingerprint density at radius 2 is 1.50 bits per heavy atom. The third-order valence-corrected chi connectivity index (χ3v) is 3.69. The van der Waals surface area contributed by atoms with Crippen LogP contribution in [0, 0.1) is 0 Å². The molecule has 0 amide bonds. The maximum Gasteiger partial charge on any atom is 0.0452 e. The smallest absolute Gasteiger partial charge is 0.0452 e. The van der Waals surface area contributed by atoms with Crippen LogP contribution >= 0.6 is 0 Å². The minimum Gasteiger partial charge on any atom is -0.320 e. The fraction of sp³-hybridized carbons (Fsp3) is 0.0588. The van der Waals surface area contributed by atoms with E-state index in [2.05, 4.69) is 71.4 Å². The number of hydrogen-bond donors (Lipinski definition) is 0. The fourth-order valence-corrected chi connectivity index (χ4v) is 2.84. The summed E-state index contributed by atoms with van der Waals surface area (Å²) in [6.45, 7) is 0. The lowest BCUT2D eigenvalue weighted by atomic mass is 10.1. The van der Waals surface area contributed by atoms with Gasteiger partial charge in [0.15, 0.2) is 0 Å².